The van der Waals surface area contributed by atoms with Gasteiger partial charge in [-0.2, -0.15) is 0 Å². The van der Waals surface area contributed by atoms with Gasteiger partial charge in [-0.05, 0) is 38.0 Å². The molecule has 0 spiro atoms. The number of nitrogens with zero attached hydrogens (tertiary/aromatic N) is 2. The zero-order valence-electron chi connectivity index (χ0n) is 19.0. The van der Waals surface area contributed by atoms with Crippen molar-refractivity contribution in [2.75, 3.05) is 20.2 Å². The van der Waals surface area contributed by atoms with Gasteiger partial charge < -0.3 is 36.5 Å². The molecule has 11 heteroatoms. The number of guanidine groups is 1. The second-order valence-electron chi connectivity index (χ2n) is 7.89. The molecule has 0 radical (unpaired) electrons. The number of carbonyl (C=O) groups is 4. The first-order valence-electron chi connectivity index (χ1n) is 11.1. The Morgan fingerprint density at radius 2 is 2.00 bits per heavy atom. The number of ether oxygens (including phenoxy) is 1. The van der Waals surface area contributed by atoms with Crippen LogP contribution < -0.4 is 22.1 Å². The Hall–Kier alpha value is -2.85. The summed E-state index contributed by atoms with van der Waals surface area (Å²) in [5.74, 6) is -1.64. The molecule has 0 aromatic carbocycles. The Bertz CT molecular complexity index is 725. The maximum Gasteiger partial charge on any atom is 0.407 e. The molecule has 31 heavy (non-hydrogen) atoms. The van der Waals surface area contributed by atoms with Crippen molar-refractivity contribution in [2.45, 2.75) is 69.5 Å². The summed E-state index contributed by atoms with van der Waals surface area (Å²) in [6, 6.07) is -2.41. The Morgan fingerprint density at radius 3 is 2.58 bits per heavy atom. The SMILES string of the molecule is [2H]C1(C[C@H](NC(=O)OC)C(=O)N2CCC[C@H]2C(=O)N[C@H](C=O)CCCN=C(N)N)CCC1. The highest BCUT2D eigenvalue weighted by atomic mass is 16.5. The number of methoxy groups -OCH3 is 1. The molecule has 0 aromatic rings. The molecule has 6 N–H and O–H groups in total. The van der Waals surface area contributed by atoms with Gasteiger partial charge in [-0.15, -0.1) is 0 Å². The first-order valence-corrected chi connectivity index (χ1v) is 10.6. The second-order valence-corrected chi connectivity index (χ2v) is 7.89. The molecule has 11 nitrogen and oxygen atoms in total. The average molecular weight is 440 g/mol. The summed E-state index contributed by atoms with van der Waals surface area (Å²) in [5, 5.41) is 5.21. The number of likely N-dealkylation sites (tertiary alicyclic amines) is 1. The quantitative estimate of drug-likeness (QED) is 0.147. The highest BCUT2D eigenvalue weighted by Crippen LogP contribution is 2.31. The van der Waals surface area contributed by atoms with E-state index in [0.717, 1.165) is 6.42 Å². The van der Waals surface area contributed by atoms with Gasteiger partial charge in [0.2, 0.25) is 11.8 Å². The van der Waals surface area contributed by atoms with Crippen LogP contribution >= 0.6 is 0 Å². The van der Waals surface area contributed by atoms with E-state index in [9.17, 15) is 19.2 Å². The standard InChI is InChI=1S/C20H34N6O5/c1-31-20(30)25-15(11-13-5-2-6-13)18(29)26-10-4-8-16(26)17(28)24-14(12-27)7-3-9-23-19(21)22/h12-16H,2-11H2,1H3,(H,24,28)(H,25,30)(H4,21,22,23)/t14-,15-,16-/m0/s1/i13D. The van der Waals surface area contributed by atoms with Crippen molar-refractivity contribution >= 4 is 30.2 Å². The first kappa shape index (κ1) is 22.8. The van der Waals surface area contributed by atoms with E-state index in [1.807, 2.05) is 0 Å². The molecule has 2 rings (SSSR count). The van der Waals surface area contributed by atoms with Gasteiger partial charge in [0, 0.05) is 14.5 Å². The van der Waals surface area contributed by atoms with Crippen molar-refractivity contribution in [1.29, 1.82) is 0 Å². The molecule has 3 atom stereocenters. The van der Waals surface area contributed by atoms with E-state index in [1.54, 1.807) is 0 Å². The van der Waals surface area contributed by atoms with Crippen molar-refractivity contribution < 1.29 is 25.3 Å². The van der Waals surface area contributed by atoms with Gasteiger partial charge in [0.1, 0.15) is 18.4 Å². The molecule has 0 unspecified atom stereocenters. The number of nitrogens with two attached hydrogens (primary N) is 2. The fourth-order valence-corrected chi connectivity index (χ4v) is 3.80. The van der Waals surface area contributed by atoms with Gasteiger partial charge in [-0.25, -0.2) is 4.79 Å². The van der Waals surface area contributed by atoms with Crippen LogP contribution in [0.3, 0.4) is 0 Å². The summed E-state index contributed by atoms with van der Waals surface area (Å²) < 4.78 is 13.0. The van der Waals surface area contributed by atoms with Crippen LogP contribution in [0.5, 0.6) is 0 Å². The normalized spacial score (nSPS) is 21.6. The van der Waals surface area contributed by atoms with E-state index >= 15 is 0 Å². The molecule has 174 valence electrons. The number of aliphatic imine (C=N–C) groups is 1. The number of alkyl carbamates (subject to hydrolysis) is 1. The van der Waals surface area contributed by atoms with Crippen LogP contribution in [0.25, 0.3) is 0 Å². The molecule has 1 heterocycles. The molecule has 1 saturated carbocycles. The lowest BCUT2D eigenvalue weighted by Gasteiger charge is -2.33. The lowest BCUT2D eigenvalue weighted by Crippen LogP contribution is -2.55. The smallest absolute Gasteiger partial charge is 0.407 e. The molecule has 1 aliphatic carbocycles. The molecule has 0 aromatic heterocycles. The van der Waals surface area contributed by atoms with Crippen molar-refractivity contribution in [2.24, 2.45) is 22.4 Å². The van der Waals surface area contributed by atoms with E-state index in [-0.39, 0.29) is 12.4 Å². The number of carbonyl (C=O) groups excluding carboxylic acids is 4. The zero-order valence-corrected chi connectivity index (χ0v) is 18.0. The number of amides is 3. The minimum atomic E-state index is -0.949. The number of rotatable bonds is 11. The van der Waals surface area contributed by atoms with Crippen molar-refractivity contribution in [3.05, 3.63) is 0 Å². The lowest BCUT2D eigenvalue weighted by atomic mass is 9.80. The third-order valence-corrected chi connectivity index (χ3v) is 5.63. The molecule has 1 saturated heterocycles. The molecular formula is C20H34N6O5. The lowest BCUT2D eigenvalue weighted by molar-refractivity contribution is -0.140. The average Bonchev–Trinajstić information content (AvgIpc) is 3.23. The number of nitrogens with one attached hydrogen (secondary N) is 2. The fraction of sp³-hybridized carbons (Fsp3) is 0.750. The van der Waals surface area contributed by atoms with E-state index in [1.165, 1.54) is 12.0 Å². The van der Waals surface area contributed by atoms with Crippen LogP contribution in [-0.4, -0.2) is 73.4 Å². The highest BCUT2D eigenvalue weighted by molar-refractivity contribution is 5.92. The van der Waals surface area contributed by atoms with Gasteiger partial charge in [0.05, 0.1) is 13.2 Å². The highest BCUT2D eigenvalue weighted by Gasteiger charge is 2.39. The molecule has 2 fully saturated rings. The summed E-state index contributed by atoms with van der Waals surface area (Å²) in [5.41, 5.74) is 10.5. The molecular weight excluding hydrogens is 404 g/mol. The number of hydrogen-bond donors (Lipinski definition) is 4. The predicted molar refractivity (Wildman–Crippen MR) is 114 cm³/mol. The summed E-state index contributed by atoms with van der Waals surface area (Å²) in [7, 11) is 1.20. The number of hydrogen-bond acceptors (Lipinski definition) is 6. The third kappa shape index (κ3) is 7.41. The largest absolute Gasteiger partial charge is 0.453 e. The Labute approximate surface area is 183 Å². The monoisotopic (exact) mass is 439 g/mol. The van der Waals surface area contributed by atoms with Crippen molar-refractivity contribution in [3.63, 3.8) is 0 Å². The summed E-state index contributed by atoms with van der Waals surface area (Å²) >= 11 is 0. The number of aldehydes is 1. The van der Waals surface area contributed by atoms with Crippen LogP contribution in [0.15, 0.2) is 4.99 Å². The maximum absolute atomic E-state index is 13.2. The van der Waals surface area contributed by atoms with Gasteiger partial charge in [-0.1, -0.05) is 19.3 Å². The van der Waals surface area contributed by atoms with Crippen LogP contribution in [0.2, 0.25) is 0 Å². The van der Waals surface area contributed by atoms with E-state index in [0.29, 0.717) is 57.9 Å². The topological polar surface area (TPSA) is 169 Å². The van der Waals surface area contributed by atoms with E-state index in [2.05, 4.69) is 20.4 Å². The Kier molecular flexibility index (Phi) is 8.92. The van der Waals surface area contributed by atoms with Gasteiger partial charge in [0.25, 0.3) is 0 Å². The van der Waals surface area contributed by atoms with Crippen molar-refractivity contribution in [3.8, 4) is 0 Å². The van der Waals surface area contributed by atoms with Crippen LogP contribution in [0, 0.1) is 5.89 Å². The van der Waals surface area contributed by atoms with E-state index < -0.39 is 41.9 Å². The summed E-state index contributed by atoms with van der Waals surface area (Å²) in [6.07, 6.45) is 4.22. The van der Waals surface area contributed by atoms with Crippen LogP contribution in [0.4, 0.5) is 4.79 Å². The maximum atomic E-state index is 13.2. The van der Waals surface area contributed by atoms with Gasteiger partial charge >= 0.3 is 6.09 Å². The Morgan fingerprint density at radius 1 is 1.26 bits per heavy atom. The van der Waals surface area contributed by atoms with E-state index in [4.69, 9.17) is 12.8 Å². The molecule has 2 aliphatic rings. The first-order chi connectivity index (χ1) is 15.2. The van der Waals surface area contributed by atoms with Crippen LogP contribution in [0.1, 0.15) is 52.7 Å². The predicted octanol–water partition coefficient (Wildman–Crippen LogP) is -0.370. The second kappa shape index (κ2) is 12.1. The zero-order chi connectivity index (χ0) is 23.7. The van der Waals surface area contributed by atoms with Gasteiger partial charge in [-0.3, -0.25) is 14.6 Å². The van der Waals surface area contributed by atoms with Crippen LogP contribution in [-0.2, 0) is 19.1 Å². The minimum absolute atomic E-state index is 0.0386. The summed E-state index contributed by atoms with van der Waals surface area (Å²) in [4.78, 5) is 54.5. The summed E-state index contributed by atoms with van der Waals surface area (Å²) in [6.45, 7) is 0.698. The fourth-order valence-electron chi connectivity index (χ4n) is 3.80. The van der Waals surface area contributed by atoms with Gasteiger partial charge in [0.15, 0.2) is 5.96 Å². The minimum Gasteiger partial charge on any atom is -0.453 e. The third-order valence-electron chi connectivity index (χ3n) is 5.63. The van der Waals surface area contributed by atoms with Crippen molar-refractivity contribution in [1.82, 2.24) is 15.5 Å². The molecule has 0 bridgehead atoms. The molecule has 3 amide bonds. The molecule has 1 aliphatic heterocycles. The Balaban J connectivity index is 2.01.